The van der Waals surface area contributed by atoms with Gasteiger partial charge >= 0.3 is 0 Å². The predicted octanol–water partition coefficient (Wildman–Crippen LogP) is -0.435. The number of hydrogen-bond donors (Lipinski definition) is 3. The monoisotopic (exact) mass is 190 g/mol. The summed E-state index contributed by atoms with van der Waals surface area (Å²) in [6, 6.07) is 0. The van der Waals surface area contributed by atoms with Crippen LogP contribution in [0.1, 0.15) is 19.8 Å². The average molecular weight is 190 g/mol. The van der Waals surface area contributed by atoms with Gasteiger partial charge in [-0.25, -0.2) is 10.9 Å². The van der Waals surface area contributed by atoms with E-state index in [0.29, 0.717) is 6.54 Å². The molecule has 0 amide bonds. The minimum absolute atomic E-state index is 0.284. The van der Waals surface area contributed by atoms with E-state index in [2.05, 4.69) is 17.8 Å². The molecule has 0 bridgehead atoms. The molecule has 1 atom stereocenters. The van der Waals surface area contributed by atoms with Gasteiger partial charge in [0.1, 0.15) is 0 Å². The molecule has 1 unspecified atom stereocenters. The maximum Gasteiger partial charge on any atom is 0.0696 e. The third kappa shape index (κ3) is 5.17. The summed E-state index contributed by atoms with van der Waals surface area (Å²) in [5, 5.41) is 13.2. The normalized spacial score (nSPS) is 14.1. The quantitative estimate of drug-likeness (QED) is 0.475. The summed E-state index contributed by atoms with van der Waals surface area (Å²) < 4.78 is 0. The van der Waals surface area contributed by atoms with Gasteiger partial charge in [0.15, 0.2) is 0 Å². The van der Waals surface area contributed by atoms with Gasteiger partial charge in [0.2, 0.25) is 0 Å². The number of nitrogens with one attached hydrogen (secondary N) is 2. The van der Waals surface area contributed by atoms with Crippen LogP contribution >= 0.6 is 0 Å². The van der Waals surface area contributed by atoms with Crippen molar-refractivity contribution in [1.29, 1.82) is 0 Å². The first-order valence-corrected chi connectivity index (χ1v) is 4.69. The molecule has 0 aliphatic heterocycles. The molecule has 0 rings (SSSR count). The van der Waals surface area contributed by atoms with Crippen LogP contribution in [-0.4, -0.2) is 49.1 Å². The van der Waals surface area contributed by atoms with Crippen LogP contribution in [0.4, 0.5) is 0 Å². The molecule has 5 heteroatoms. The van der Waals surface area contributed by atoms with Crippen LogP contribution in [0, 0.1) is 0 Å². The summed E-state index contributed by atoms with van der Waals surface area (Å²) >= 11 is 0. The van der Waals surface area contributed by atoms with E-state index in [9.17, 15) is 5.11 Å². The third-order valence-electron chi connectivity index (χ3n) is 1.95. The Morgan fingerprint density at radius 1 is 1.31 bits per heavy atom. The molecule has 0 aromatic rings. The van der Waals surface area contributed by atoms with Crippen LogP contribution in [0.2, 0.25) is 0 Å². The highest BCUT2D eigenvalue weighted by Gasteiger charge is 2.12. The lowest BCUT2D eigenvalue weighted by atomic mass is 10.2. The second-order valence-corrected chi connectivity index (χ2v) is 3.00. The second-order valence-electron chi connectivity index (χ2n) is 3.00. The molecular weight excluding hydrogens is 168 g/mol. The smallest absolute Gasteiger partial charge is 0.0696 e. The van der Waals surface area contributed by atoms with Crippen LogP contribution in [0.5, 0.6) is 0 Å². The molecule has 0 saturated carbocycles. The minimum Gasteiger partial charge on any atom is -0.392 e. The van der Waals surface area contributed by atoms with Gasteiger partial charge in [-0.3, -0.25) is 0 Å². The molecular formula is C8H22N4O. The highest BCUT2D eigenvalue weighted by Crippen LogP contribution is 1.98. The van der Waals surface area contributed by atoms with Crippen LogP contribution in [0.3, 0.4) is 0 Å². The van der Waals surface area contributed by atoms with Gasteiger partial charge in [-0.1, -0.05) is 13.3 Å². The SMILES string of the molecule is CCCC(O)CN(NC)N(C)NC. The summed E-state index contributed by atoms with van der Waals surface area (Å²) in [6.45, 7) is 2.65. The standard InChI is InChI=1S/C8H22N4O/c1-5-6-8(13)7-12(10-3)11(4)9-2/h8-10,13H,5-7H2,1-4H3. The van der Waals surface area contributed by atoms with E-state index in [4.69, 9.17) is 0 Å². The van der Waals surface area contributed by atoms with E-state index in [-0.39, 0.29) is 6.10 Å². The fraction of sp³-hybridized carbons (Fsp3) is 1.00. The Kier molecular flexibility index (Phi) is 7.12. The topological polar surface area (TPSA) is 50.8 Å². The van der Waals surface area contributed by atoms with Crippen molar-refractivity contribution in [2.24, 2.45) is 0 Å². The number of hydrazine groups is 3. The van der Waals surface area contributed by atoms with E-state index in [1.165, 1.54) is 0 Å². The van der Waals surface area contributed by atoms with Crippen LogP contribution in [0.15, 0.2) is 0 Å². The fourth-order valence-electron chi connectivity index (χ4n) is 1.11. The molecule has 0 heterocycles. The van der Waals surface area contributed by atoms with Crippen molar-refractivity contribution in [3.8, 4) is 0 Å². The van der Waals surface area contributed by atoms with E-state index >= 15 is 0 Å². The highest BCUT2D eigenvalue weighted by atomic mass is 16.3. The van der Waals surface area contributed by atoms with Crippen LogP contribution in [0.25, 0.3) is 0 Å². The van der Waals surface area contributed by atoms with Crippen molar-refractivity contribution in [1.82, 2.24) is 21.1 Å². The van der Waals surface area contributed by atoms with Gasteiger partial charge in [-0.05, 0) is 6.42 Å². The summed E-state index contributed by atoms with van der Waals surface area (Å²) in [6.07, 6.45) is 1.55. The number of aliphatic hydroxyl groups is 1. The van der Waals surface area contributed by atoms with Gasteiger partial charge < -0.3 is 5.11 Å². The molecule has 5 nitrogen and oxygen atoms in total. The van der Waals surface area contributed by atoms with E-state index in [1.54, 1.807) is 5.12 Å². The summed E-state index contributed by atoms with van der Waals surface area (Å²) in [5.41, 5.74) is 5.93. The number of nitrogens with zero attached hydrogens (tertiary/aromatic N) is 2. The van der Waals surface area contributed by atoms with Gasteiger partial charge in [0.05, 0.1) is 12.6 Å². The van der Waals surface area contributed by atoms with Gasteiger partial charge in [0, 0.05) is 21.1 Å². The molecule has 0 radical (unpaired) electrons. The van der Waals surface area contributed by atoms with Gasteiger partial charge in [-0.2, -0.15) is 10.2 Å². The van der Waals surface area contributed by atoms with Crippen molar-refractivity contribution in [2.45, 2.75) is 25.9 Å². The average Bonchev–Trinajstić information content (AvgIpc) is 2.13. The van der Waals surface area contributed by atoms with E-state index < -0.39 is 0 Å². The largest absolute Gasteiger partial charge is 0.392 e. The number of aliphatic hydroxyl groups excluding tert-OH is 1. The molecule has 0 aliphatic rings. The maximum absolute atomic E-state index is 9.56. The summed E-state index contributed by atoms with van der Waals surface area (Å²) in [5.74, 6) is 0. The first-order valence-electron chi connectivity index (χ1n) is 4.69. The zero-order chi connectivity index (χ0) is 10.3. The Labute approximate surface area is 80.6 Å². The maximum atomic E-state index is 9.56. The van der Waals surface area contributed by atoms with Crippen molar-refractivity contribution in [3.63, 3.8) is 0 Å². The van der Waals surface area contributed by atoms with Crippen LogP contribution < -0.4 is 10.9 Å². The Morgan fingerprint density at radius 2 is 1.92 bits per heavy atom. The molecule has 80 valence electrons. The Balaban J connectivity index is 3.82. The lowest BCUT2D eigenvalue weighted by Crippen LogP contribution is -2.55. The predicted molar refractivity (Wildman–Crippen MR) is 53.5 cm³/mol. The fourth-order valence-corrected chi connectivity index (χ4v) is 1.11. The molecule has 0 aromatic carbocycles. The molecule has 0 saturated heterocycles. The zero-order valence-corrected chi connectivity index (χ0v) is 9.04. The lowest BCUT2D eigenvalue weighted by Gasteiger charge is -2.31. The van der Waals surface area contributed by atoms with E-state index in [1.807, 2.05) is 26.3 Å². The molecule has 13 heavy (non-hydrogen) atoms. The first-order chi connectivity index (χ1) is 6.15. The summed E-state index contributed by atoms with van der Waals surface area (Å²) in [7, 11) is 5.54. The van der Waals surface area contributed by atoms with Crippen molar-refractivity contribution in [3.05, 3.63) is 0 Å². The Hall–Kier alpha value is -0.200. The minimum atomic E-state index is -0.284. The third-order valence-corrected chi connectivity index (χ3v) is 1.95. The van der Waals surface area contributed by atoms with Gasteiger partial charge in [-0.15, -0.1) is 0 Å². The molecule has 0 fully saturated rings. The molecule has 0 aliphatic carbocycles. The zero-order valence-electron chi connectivity index (χ0n) is 9.04. The highest BCUT2D eigenvalue weighted by molar-refractivity contribution is 4.57. The Morgan fingerprint density at radius 3 is 2.31 bits per heavy atom. The Bertz CT molecular complexity index is 123. The van der Waals surface area contributed by atoms with Crippen molar-refractivity contribution < 1.29 is 5.11 Å². The number of rotatable bonds is 7. The van der Waals surface area contributed by atoms with Crippen LogP contribution in [-0.2, 0) is 0 Å². The van der Waals surface area contributed by atoms with Gasteiger partial charge in [0.25, 0.3) is 0 Å². The first kappa shape index (κ1) is 12.8. The molecule has 3 N–H and O–H groups in total. The van der Waals surface area contributed by atoms with Crippen molar-refractivity contribution in [2.75, 3.05) is 27.7 Å². The molecule has 0 aromatic heterocycles. The molecule has 0 spiro atoms. The summed E-state index contributed by atoms with van der Waals surface area (Å²) in [4.78, 5) is 0. The van der Waals surface area contributed by atoms with E-state index in [0.717, 1.165) is 12.8 Å². The van der Waals surface area contributed by atoms with Crippen molar-refractivity contribution >= 4 is 0 Å². The lowest BCUT2D eigenvalue weighted by molar-refractivity contribution is -0.0987. The second kappa shape index (κ2) is 7.23. The number of hydrogen-bond acceptors (Lipinski definition) is 5.